The van der Waals surface area contributed by atoms with Crippen molar-refractivity contribution in [3.05, 3.63) is 130 Å². The van der Waals surface area contributed by atoms with E-state index in [9.17, 15) is 4.79 Å². The minimum absolute atomic E-state index is 0.0271. The maximum atomic E-state index is 15.3. The van der Waals surface area contributed by atoms with Crippen molar-refractivity contribution >= 4 is 46.3 Å². The Kier molecular flexibility index (Phi) is 7.35. The standard InChI is InChI=1S/C37H34N2O3S/c1-23-5-13-27(14-6-23)32-21-31(40)22-33(28-15-7-24(2)8-16-28)37(32)34(41)38(29-17-9-25(3)10-18-29)36(43)39(35(37)42)30-19-11-26(4)12-20-30/h5-20,32-33H,21-22H2,1-4H3. The highest BCUT2D eigenvalue weighted by Gasteiger charge is 2.67. The normalized spacial score (nSPS) is 20.2. The number of carbonyl (C=O) groups is 3. The molecular weight excluding hydrogens is 552 g/mol. The van der Waals surface area contributed by atoms with Gasteiger partial charge in [0.05, 0.1) is 11.4 Å². The van der Waals surface area contributed by atoms with Crippen LogP contribution in [0.25, 0.3) is 0 Å². The number of thiocarbonyl (C=S) groups is 1. The van der Waals surface area contributed by atoms with Gasteiger partial charge in [0.25, 0.3) is 0 Å². The molecule has 1 heterocycles. The number of amides is 2. The highest BCUT2D eigenvalue weighted by atomic mass is 32.1. The molecule has 4 aromatic rings. The molecule has 6 heteroatoms. The number of Topliss-reactive ketones (excluding diaryl/α,β-unsaturated/α-hetero) is 1. The predicted molar refractivity (Wildman–Crippen MR) is 174 cm³/mol. The number of aryl methyl sites for hydroxylation is 4. The van der Waals surface area contributed by atoms with E-state index in [1.54, 1.807) is 0 Å². The van der Waals surface area contributed by atoms with Crippen LogP contribution >= 0.6 is 12.2 Å². The van der Waals surface area contributed by atoms with E-state index < -0.39 is 29.1 Å². The van der Waals surface area contributed by atoms with Crippen molar-refractivity contribution in [3.63, 3.8) is 0 Å². The van der Waals surface area contributed by atoms with E-state index in [0.717, 1.165) is 33.4 Å². The Labute approximate surface area is 258 Å². The lowest BCUT2D eigenvalue weighted by Gasteiger charge is -2.54. The van der Waals surface area contributed by atoms with Gasteiger partial charge in [0, 0.05) is 24.7 Å². The van der Waals surface area contributed by atoms with Gasteiger partial charge in [-0.3, -0.25) is 24.2 Å². The third-order valence-electron chi connectivity index (χ3n) is 9.00. The fraction of sp³-hybridized carbons (Fsp3) is 0.243. The summed E-state index contributed by atoms with van der Waals surface area (Å²) >= 11 is 6.00. The van der Waals surface area contributed by atoms with Crippen LogP contribution in [-0.4, -0.2) is 22.7 Å². The van der Waals surface area contributed by atoms with Crippen LogP contribution < -0.4 is 9.80 Å². The number of nitrogens with zero attached hydrogens (tertiary/aromatic N) is 2. The van der Waals surface area contributed by atoms with Gasteiger partial charge < -0.3 is 0 Å². The molecule has 1 saturated heterocycles. The Morgan fingerprint density at radius 1 is 0.535 bits per heavy atom. The average Bonchev–Trinajstić information content (AvgIpc) is 2.99. The summed E-state index contributed by atoms with van der Waals surface area (Å²) in [4.78, 5) is 47.3. The van der Waals surface area contributed by atoms with Gasteiger partial charge in [-0.25, -0.2) is 0 Å². The lowest BCUT2D eigenvalue weighted by atomic mass is 9.54. The Balaban J connectivity index is 1.67. The van der Waals surface area contributed by atoms with Crippen molar-refractivity contribution in [2.75, 3.05) is 9.80 Å². The topological polar surface area (TPSA) is 57.7 Å². The molecule has 216 valence electrons. The van der Waals surface area contributed by atoms with E-state index in [2.05, 4.69) is 0 Å². The molecule has 1 spiro atoms. The van der Waals surface area contributed by atoms with Crippen LogP contribution in [0.15, 0.2) is 97.1 Å². The van der Waals surface area contributed by atoms with Crippen LogP contribution in [0.4, 0.5) is 11.4 Å². The van der Waals surface area contributed by atoms with Crippen LogP contribution in [0.1, 0.15) is 58.1 Å². The third kappa shape index (κ3) is 4.80. The molecule has 5 nitrogen and oxygen atoms in total. The lowest BCUT2D eigenvalue weighted by Crippen LogP contribution is -2.70. The number of carbonyl (C=O) groups excluding carboxylic acids is 3. The first kappa shape index (κ1) is 28.7. The summed E-state index contributed by atoms with van der Waals surface area (Å²) in [5.74, 6) is -2.13. The van der Waals surface area contributed by atoms with Crippen molar-refractivity contribution in [1.29, 1.82) is 0 Å². The maximum Gasteiger partial charge on any atom is 0.250 e. The van der Waals surface area contributed by atoms with E-state index in [1.165, 1.54) is 9.80 Å². The zero-order valence-corrected chi connectivity index (χ0v) is 25.7. The minimum atomic E-state index is -1.63. The van der Waals surface area contributed by atoms with Crippen LogP contribution in [0.5, 0.6) is 0 Å². The summed E-state index contributed by atoms with van der Waals surface area (Å²) in [6.45, 7) is 7.96. The first-order valence-electron chi connectivity index (χ1n) is 14.6. The molecule has 4 aromatic carbocycles. The summed E-state index contributed by atoms with van der Waals surface area (Å²) < 4.78 is 0. The van der Waals surface area contributed by atoms with Crippen molar-refractivity contribution in [3.8, 4) is 0 Å². The Bertz CT molecular complexity index is 1600. The average molecular weight is 587 g/mol. The molecule has 0 radical (unpaired) electrons. The predicted octanol–water partition coefficient (Wildman–Crippen LogP) is 7.50. The molecule has 2 amide bonds. The summed E-state index contributed by atoms with van der Waals surface area (Å²) in [5.41, 5.74) is 5.32. The number of anilines is 2. The molecule has 2 fully saturated rings. The number of hydrogen-bond donors (Lipinski definition) is 0. The van der Waals surface area contributed by atoms with Gasteiger partial charge in [-0.15, -0.1) is 0 Å². The molecule has 1 aliphatic heterocycles. The van der Waals surface area contributed by atoms with Crippen molar-refractivity contribution in [2.24, 2.45) is 5.41 Å². The second-order valence-corrected chi connectivity index (χ2v) is 12.3. The van der Waals surface area contributed by atoms with Gasteiger partial charge in [0.1, 0.15) is 11.2 Å². The minimum Gasteiger partial charge on any atom is -0.300 e. The van der Waals surface area contributed by atoms with Crippen LogP contribution in [0.2, 0.25) is 0 Å². The molecular formula is C37H34N2O3S. The van der Waals surface area contributed by atoms with Gasteiger partial charge in [-0.05, 0) is 75.3 Å². The summed E-state index contributed by atoms with van der Waals surface area (Å²) in [5, 5.41) is 0.107. The largest absolute Gasteiger partial charge is 0.300 e. The highest BCUT2D eigenvalue weighted by Crippen LogP contribution is 2.58. The molecule has 0 N–H and O–H groups in total. The number of benzene rings is 4. The summed E-state index contributed by atoms with van der Waals surface area (Å²) in [6.07, 6.45) is 0.165. The van der Waals surface area contributed by atoms with E-state index in [0.29, 0.717) is 11.4 Å². The first-order valence-corrected chi connectivity index (χ1v) is 15.0. The monoisotopic (exact) mass is 586 g/mol. The van der Waals surface area contributed by atoms with Gasteiger partial charge in [0.15, 0.2) is 5.11 Å². The first-order chi connectivity index (χ1) is 20.6. The van der Waals surface area contributed by atoms with E-state index >= 15 is 9.59 Å². The second kappa shape index (κ2) is 11.0. The maximum absolute atomic E-state index is 15.3. The molecule has 6 rings (SSSR count). The van der Waals surface area contributed by atoms with E-state index in [1.807, 2.05) is 125 Å². The molecule has 0 aromatic heterocycles. The zero-order valence-electron chi connectivity index (χ0n) is 24.8. The number of hydrogen-bond acceptors (Lipinski definition) is 4. The number of ketones is 1. The molecule has 43 heavy (non-hydrogen) atoms. The number of rotatable bonds is 4. The molecule has 2 aliphatic rings. The van der Waals surface area contributed by atoms with Gasteiger partial charge >= 0.3 is 0 Å². The molecule has 1 saturated carbocycles. The fourth-order valence-corrected chi connectivity index (χ4v) is 7.01. The SMILES string of the molecule is Cc1ccc(C2CC(=O)CC(c3ccc(C)cc3)C23C(=O)N(c2ccc(C)cc2)C(=S)N(c2ccc(C)cc2)C3=O)cc1. The van der Waals surface area contributed by atoms with E-state index in [-0.39, 0.29) is 23.7 Å². The van der Waals surface area contributed by atoms with Gasteiger partial charge in [-0.2, -0.15) is 0 Å². The van der Waals surface area contributed by atoms with Gasteiger partial charge in [-0.1, -0.05) is 95.1 Å². The Hall–Kier alpha value is -4.42. The molecule has 2 atom stereocenters. The highest BCUT2D eigenvalue weighted by molar-refractivity contribution is 7.81. The van der Waals surface area contributed by atoms with Crippen LogP contribution in [0, 0.1) is 33.1 Å². The Morgan fingerprint density at radius 2 is 0.837 bits per heavy atom. The van der Waals surface area contributed by atoms with Crippen LogP contribution in [-0.2, 0) is 14.4 Å². The van der Waals surface area contributed by atoms with Crippen molar-refractivity contribution in [1.82, 2.24) is 0 Å². The Morgan fingerprint density at radius 3 is 1.16 bits per heavy atom. The third-order valence-corrected chi connectivity index (χ3v) is 9.37. The van der Waals surface area contributed by atoms with Gasteiger partial charge in [0.2, 0.25) is 11.8 Å². The summed E-state index contributed by atoms with van der Waals surface area (Å²) in [7, 11) is 0. The lowest BCUT2D eigenvalue weighted by molar-refractivity contribution is -0.147. The second-order valence-electron chi connectivity index (χ2n) is 12.0. The molecule has 1 aliphatic carbocycles. The fourth-order valence-electron chi connectivity index (χ4n) is 6.64. The zero-order chi connectivity index (χ0) is 30.5. The van der Waals surface area contributed by atoms with Crippen molar-refractivity contribution < 1.29 is 14.4 Å². The van der Waals surface area contributed by atoms with E-state index in [4.69, 9.17) is 12.2 Å². The summed E-state index contributed by atoms with van der Waals surface area (Å²) in [6, 6.07) is 30.9. The van der Waals surface area contributed by atoms with Crippen LogP contribution in [0.3, 0.4) is 0 Å². The smallest absolute Gasteiger partial charge is 0.250 e. The molecule has 2 unspecified atom stereocenters. The molecule has 0 bridgehead atoms. The van der Waals surface area contributed by atoms with Crippen molar-refractivity contribution in [2.45, 2.75) is 52.4 Å². The quantitative estimate of drug-likeness (QED) is 0.184.